The summed E-state index contributed by atoms with van der Waals surface area (Å²) in [6, 6.07) is 6.83. The molecule has 1 aromatic rings. The fourth-order valence-electron chi connectivity index (χ4n) is 1.69. The Kier molecular flexibility index (Phi) is 4.30. The first-order valence-corrected chi connectivity index (χ1v) is 6.21. The summed E-state index contributed by atoms with van der Waals surface area (Å²) >= 11 is 0. The third kappa shape index (κ3) is 3.42. The smallest absolute Gasteiger partial charge is 0.251 e. The highest BCUT2D eigenvalue weighted by Crippen LogP contribution is 2.12. The summed E-state index contributed by atoms with van der Waals surface area (Å²) in [5, 5.41) is 8.57. The lowest BCUT2D eigenvalue weighted by Gasteiger charge is -2.25. The number of carbonyl (C=O) groups excluding carboxylic acids is 2. The largest absolute Gasteiger partial charge is 0.349 e. The molecule has 0 spiro atoms. The fourth-order valence-corrected chi connectivity index (χ4v) is 1.69. The Morgan fingerprint density at radius 2 is 2.00 bits per heavy atom. The van der Waals surface area contributed by atoms with E-state index in [0.717, 1.165) is 13.1 Å². The van der Waals surface area contributed by atoms with E-state index in [0.29, 0.717) is 17.8 Å². The van der Waals surface area contributed by atoms with Crippen molar-refractivity contribution in [1.82, 2.24) is 10.6 Å². The van der Waals surface area contributed by atoms with Crippen LogP contribution in [0.15, 0.2) is 36.9 Å². The van der Waals surface area contributed by atoms with Crippen molar-refractivity contribution in [3.63, 3.8) is 0 Å². The predicted octanol–water partition coefficient (Wildman–Crippen LogP) is 0.760. The first kappa shape index (κ1) is 13.3. The Morgan fingerprint density at radius 1 is 1.32 bits per heavy atom. The molecule has 1 saturated heterocycles. The van der Waals surface area contributed by atoms with Crippen molar-refractivity contribution in [2.75, 3.05) is 25.0 Å². The van der Waals surface area contributed by atoms with E-state index in [9.17, 15) is 9.59 Å². The summed E-state index contributed by atoms with van der Waals surface area (Å²) < 4.78 is 0. The van der Waals surface area contributed by atoms with Crippen molar-refractivity contribution in [1.29, 1.82) is 0 Å². The topological polar surface area (TPSA) is 70.2 Å². The molecule has 19 heavy (non-hydrogen) atoms. The number of nitrogens with one attached hydrogen (secondary N) is 3. The van der Waals surface area contributed by atoms with Crippen LogP contribution in [0.2, 0.25) is 0 Å². The van der Waals surface area contributed by atoms with E-state index >= 15 is 0 Å². The summed E-state index contributed by atoms with van der Waals surface area (Å²) in [5.74, 6) is -0.0841. The zero-order valence-corrected chi connectivity index (χ0v) is 10.6. The van der Waals surface area contributed by atoms with Gasteiger partial charge in [0.2, 0.25) is 5.91 Å². The molecule has 1 heterocycles. The lowest BCUT2D eigenvalue weighted by Crippen LogP contribution is -2.48. The Labute approximate surface area is 112 Å². The maximum Gasteiger partial charge on any atom is 0.251 e. The summed E-state index contributed by atoms with van der Waals surface area (Å²) in [6.45, 7) is 5.43. The number of anilines is 1. The zero-order valence-electron chi connectivity index (χ0n) is 10.6. The molecule has 0 aliphatic carbocycles. The van der Waals surface area contributed by atoms with Crippen LogP contribution in [-0.4, -0.2) is 31.4 Å². The van der Waals surface area contributed by atoms with Gasteiger partial charge in [-0.2, -0.15) is 0 Å². The van der Waals surface area contributed by atoms with E-state index in [4.69, 9.17) is 0 Å². The molecule has 1 aromatic carbocycles. The third-order valence-corrected chi connectivity index (χ3v) is 2.97. The van der Waals surface area contributed by atoms with E-state index < -0.39 is 0 Å². The van der Waals surface area contributed by atoms with E-state index in [1.807, 2.05) is 0 Å². The van der Waals surface area contributed by atoms with Crippen LogP contribution >= 0.6 is 0 Å². The molecule has 5 nitrogen and oxygen atoms in total. The van der Waals surface area contributed by atoms with Gasteiger partial charge in [0.05, 0.1) is 5.92 Å². The zero-order chi connectivity index (χ0) is 13.7. The van der Waals surface area contributed by atoms with Crippen LogP contribution in [0.1, 0.15) is 10.4 Å². The van der Waals surface area contributed by atoms with Crippen LogP contribution in [0.25, 0.3) is 0 Å². The molecule has 2 amide bonds. The highest BCUT2D eigenvalue weighted by molar-refractivity contribution is 5.96. The van der Waals surface area contributed by atoms with Crippen molar-refractivity contribution < 1.29 is 9.59 Å². The van der Waals surface area contributed by atoms with Crippen LogP contribution in [0.3, 0.4) is 0 Å². The number of hydrogen-bond acceptors (Lipinski definition) is 3. The standard InChI is InChI=1S/C14H17N3O2/c1-2-7-16-13(18)10-3-5-12(6-4-10)17-14(19)11-8-15-9-11/h2-6,11,15H,1,7-9H2,(H,16,18)(H,17,19). The summed E-state index contributed by atoms with van der Waals surface area (Å²) in [4.78, 5) is 23.4. The van der Waals surface area contributed by atoms with Gasteiger partial charge >= 0.3 is 0 Å². The second-order valence-electron chi connectivity index (χ2n) is 4.42. The second-order valence-corrected chi connectivity index (χ2v) is 4.42. The average Bonchev–Trinajstić information content (AvgIpc) is 2.34. The molecule has 0 bridgehead atoms. The number of hydrogen-bond donors (Lipinski definition) is 3. The second kappa shape index (κ2) is 6.15. The van der Waals surface area contributed by atoms with Gasteiger partial charge in [-0.1, -0.05) is 6.08 Å². The van der Waals surface area contributed by atoms with Gasteiger partial charge in [0.25, 0.3) is 5.91 Å². The number of rotatable bonds is 5. The lowest BCUT2D eigenvalue weighted by atomic mass is 10.0. The maximum atomic E-state index is 11.7. The van der Waals surface area contributed by atoms with Crippen molar-refractivity contribution in [3.05, 3.63) is 42.5 Å². The molecule has 1 aliphatic rings. The molecule has 0 radical (unpaired) electrons. The van der Waals surface area contributed by atoms with E-state index in [2.05, 4.69) is 22.5 Å². The molecular weight excluding hydrogens is 242 g/mol. The van der Waals surface area contributed by atoms with E-state index in [1.54, 1.807) is 30.3 Å². The summed E-state index contributed by atoms with van der Waals surface area (Å²) in [6.07, 6.45) is 1.62. The number of amides is 2. The molecule has 100 valence electrons. The molecule has 0 aromatic heterocycles. The van der Waals surface area contributed by atoms with Gasteiger partial charge < -0.3 is 16.0 Å². The molecular formula is C14H17N3O2. The third-order valence-electron chi connectivity index (χ3n) is 2.97. The first-order valence-electron chi connectivity index (χ1n) is 6.21. The Hall–Kier alpha value is -2.14. The van der Waals surface area contributed by atoms with Gasteiger partial charge in [0.1, 0.15) is 0 Å². The normalized spacial score (nSPS) is 14.3. The summed E-state index contributed by atoms with van der Waals surface area (Å²) in [5.41, 5.74) is 1.27. The predicted molar refractivity (Wildman–Crippen MR) is 74.0 cm³/mol. The van der Waals surface area contributed by atoms with Crippen molar-refractivity contribution >= 4 is 17.5 Å². The van der Waals surface area contributed by atoms with Gasteiger partial charge in [-0.3, -0.25) is 9.59 Å². The van der Waals surface area contributed by atoms with Gasteiger partial charge in [-0.25, -0.2) is 0 Å². The minimum Gasteiger partial charge on any atom is -0.349 e. The van der Waals surface area contributed by atoms with Crippen molar-refractivity contribution in [2.45, 2.75) is 0 Å². The molecule has 0 unspecified atom stereocenters. The van der Waals surface area contributed by atoms with E-state index in [1.165, 1.54) is 0 Å². The van der Waals surface area contributed by atoms with E-state index in [-0.39, 0.29) is 17.7 Å². The van der Waals surface area contributed by atoms with Crippen LogP contribution in [0, 0.1) is 5.92 Å². The van der Waals surface area contributed by atoms with Gasteiger partial charge in [0.15, 0.2) is 0 Å². The van der Waals surface area contributed by atoms with Gasteiger partial charge in [-0.15, -0.1) is 6.58 Å². The van der Waals surface area contributed by atoms with Crippen molar-refractivity contribution in [3.8, 4) is 0 Å². The molecule has 0 atom stereocenters. The monoisotopic (exact) mass is 259 g/mol. The van der Waals surface area contributed by atoms with Crippen LogP contribution in [0.4, 0.5) is 5.69 Å². The molecule has 1 aliphatic heterocycles. The van der Waals surface area contributed by atoms with Gasteiger partial charge in [0, 0.05) is 30.9 Å². The van der Waals surface area contributed by atoms with Crippen LogP contribution < -0.4 is 16.0 Å². The fraction of sp³-hybridized carbons (Fsp3) is 0.286. The van der Waals surface area contributed by atoms with Crippen molar-refractivity contribution in [2.24, 2.45) is 5.92 Å². The Bertz CT molecular complexity index is 478. The summed E-state index contributed by atoms with van der Waals surface area (Å²) in [7, 11) is 0. The number of carbonyl (C=O) groups is 2. The SMILES string of the molecule is C=CCNC(=O)c1ccc(NC(=O)C2CNC2)cc1. The highest BCUT2D eigenvalue weighted by Gasteiger charge is 2.24. The molecule has 2 rings (SSSR count). The minimum atomic E-state index is -0.152. The highest BCUT2D eigenvalue weighted by atomic mass is 16.2. The quantitative estimate of drug-likeness (QED) is 0.684. The Morgan fingerprint density at radius 3 is 2.53 bits per heavy atom. The van der Waals surface area contributed by atoms with Crippen LogP contribution in [-0.2, 0) is 4.79 Å². The molecule has 0 saturated carbocycles. The molecule has 5 heteroatoms. The van der Waals surface area contributed by atoms with Gasteiger partial charge in [-0.05, 0) is 24.3 Å². The number of benzene rings is 1. The first-order chi connectivity index (χ1) is 9.20. The molecule has 1 fully saturated rings. The lowest BCUT2D eigenvalue weighted by molar-refractivity contribution is -0.121. The Balaban J connectivity index is 1.92. The molecule has 3 N–H and O–H groups in total. The minimum absolute atomic E-state index is 0.0163. The van der Waals surface area contributed by atoms with Crippen LogP contribution in [0.5, 0.6) is 0 Å². The average molecular weight is 259 g/mol. The maximum absolute atomic E-state index is 11.7.